The fourth-order valence-electron chi connectivity index (χ4n) is 4.57. The molecular weight excluding hydrogens is 369 g/mol. The van der Waals surface area contributed by atoms with Gasteiger partial charge in [-0.3, -0.25) is 0 Å². The van der Waals surface area contributed by atoms with Crippen molar-refractivity contribution < 1.29 is 21.6 Å². The largest absolute Gasteiger partial charge is 0.390 e. The first kappa shape index (κ1) is 18.1. The molecule has 4 heterocycles. The van der Waals surface area contributed by atoms with Gasteiger partial charge in [-0.1, -0.05) is 6.08 Å². The molecule has 0 unspecified atom stereocenters. The highest BCUT2D eigenvalue weighted by Crippen LogP contribution is 2.36. The van der Waals surface area contributed by atoms with E-state index in [0.29, 0.717) is 32.6 Å². The van der Waals surface area contributed by atoms with Crippen LogP contribution in [0.5, 0.6) is 0 Å². The van der Waals surface area contributed by atoms with Gasteiger partial charge in [0.15, 0.2) is 0 Å². The molecule has 0 aromatic rings. The molecule has 4 rings (SSSR count). The van der Waals surface area contributed by atoms with Gasteiger partial charge < -0.3 is 9.80 Å². The molecule has 0 bridgehead atoms. The number of halogens is 3. The molecule has 0 saturated carbocycles. The van der Waals surface area contributed by atoms with Crippen LogP contribution in [0.2, 0.25) is 0 Å². The average molecular weight is 392 g/mol. The van der Waals surface area contributed by atoms with Crippen LogP contribution >= 0.6 is 0 Å². The maximum Gasteiger partial charge on any atom is 0.390 e. The average Bonchev–Trinajstić information content (AvgIpc) is 3.26. The van der Waals surface area contributed by atoms with E-state index in [-0.39, 0.29) is 12.1 Å². The Hall–Kier alpha value is -1.29. The summed E-state index contributed by atoms with van der Waals surface area (Å²) in [5.41, 5.74) is 1.13. The molecule has 0 radical (unpaired) electrons. The Morgan fingerprint density at radius 1 is 1.15 bits per heavy atom. The van der Waals surface area contributed by atoms with E-state index >= 15 is 0 Å². The van der Waals surface area contributed by atoms with E-state index in [1.165, 1.54) is 4.31 Å². The van der Waals surface area contributed by atoms with E-state index < -0.39 is 28.4 Å². The molecule has 4 aliphatic heterocycles. The van der Waals surface area contributed by atoms with Crippen LogP contribution in [0, 0.1) is 0 Å². The molecule has 0 aromatic heterocycles. The molecule has 2 saturated heterocycles. The Balaban J connectivity index is 1.50. The van der Waals surface area contributed by atoms with Crippen molar-refractivity contribution in [1.29, 1.82) is 0 Å². The van der Waals surface area contributed by atoms with Crippen molar-refractivity contribution in [2.75, 3.05) is 32.1 Å². The fourth-order valence-corrected chi connectivity index (χ4v) is 6.36. The summed E-state index contributed by atoms with van der Waals surface area (Å²) < 4.78 is 63.9. The Bertz CT molecular complexity index is 734. The minimum absolute atomic E-state index is 0.00427. The number of aliphatic imine (C=N–C) groups is 1. The van der Waals surface area contributed by atoms with Gasteiger partial charge in [-0.25, -0.2) is 13.4 Å². The second kappa shape index (κ2) is 6.40. The predicted octanol–water partition coefficient (Wildman–Crippen LogP) is 1.77. The third kappa shape index (κ3) is 3.21. The molecule has 0 aliphatic carbocycles. The maximum absolute atomic E-state index is 12.5. The summed E-state index contributed by atoms with van der Waals surface area (Å²) in [6.07, 6.45) is -0.431. The van der Waals surface area contributed by atoms with Gasteiger partial charge in [0.2, 0.25) is 10.0 Å². The number of rotatable bonds is 3. The van der Waals surface area contributed by atoms with Gasteiger partial charge in [-0.15, -0.1) is 0 Å². The van der Waals surface area contributed by atoms with Crippen LogP contribution in [0.25, 0.3) is 0 Å². The van der Waals surface area contributed by atoms with Crippen molar-refractivity contribution in [3.8, 4) is 0 Å². The van der Waals surface area contributed by atoms with E-state index in [1.54, 1.807) is 0 Å². The first-order valence-corrected chi connectivity index (χ1v) is 10.7. The van der Waals surface area contributed by atoms with E-state index in [9.17, 15) is 21.6 Å². The monoisotopic (exact) mass is 392 g/mol. The molecule has 26 heavy (non-hydrogen) atoms. The summed E-state index contributed by atoms with van der Waals surface area (Å²) in [4.78, 5) is 9.03. The highest BCUT2D eigenvalue weighted by atomic mass is 32.2. The minimum Gasteiger partial charge on any atom is -0.350 e. The molecule has 0 aromatic carbocycles. The van der Waals surface area contributed by atoms with Crippen LogP contribution in [0.3, 0.4) is 0 Å². The fraction of sp³-hybridized carbons (Fsp3) is 0.812. The van der Waals surface area contributed by atoms with Gasteiger partial charge in [-0.05, 0) is 25.7 Å². The van der Waals surface area contributed by atoms with Gasteiger partial charge >= 0.3 is 6.18 Å². The van der Waals surface area contributed by atoms with Crippen molar-refractivity contribution in [3.63, 3.8) is 0 Å². The molecule has 0 spiro atoms. The zero-order valence-corrected chi connectivity index (χ0v) is 15.3. The highest BCUT2D eigenvalue weighted by Gasteiger charge is 2.47. The van der Waals surface area contributed by atoms with Crippen LogP contribution in [0.15, 0.2) is 16.8 Å². The highest BCUT2D eigenvalue weighted by molar-refractivity contribution is 7.89. The van der Waals surface area contributed by atoms with Crippen molar-refractivity contribution in [3.05, 3.63) is 11.8 Å². The number of nitrogens with zero attached hydrogens (tertiary/aromatic N) is 4. The molecule has 2 atom stereocenters. The summed E-state index contributed by atoms with van der Waals surface area (Å²) >= 11 is 0. The molecule has 6 nitrogen and oxygen atoms in total. The first-order valence-electron chi connectivity index (χ1n) is 9.09. The lowest BCUT2D eigenvalue weighted by Crippen LogP contribution is -2.53. The number of hydrogen-bond acceptors (Lipinski definition) is 5. The lowest BCUT2D eigenvalue weighted by molar-refractivity contribution is -0.130. The van der Waals surface area contributed by atoms with Gasteiger partial charge in [0.05, 0.1) is 17.9 Å². The van der Waals surface area contributed by atoms with Crippen molar-refractivity contribution in [2.24, 2.45) is 4.99 Å². The van der Waals surface area contributed by atoms with E-state index in [2.05, 4.69) is 20.9 Å². The minimum atomic E-state index is -4.46. The van der Waals surface area contributed by atoms with Crippen molar-refractivity contribution in [1.82, 2.24) is 14.1 Å². The third-order valence-electron chi connectivity index (χ3n) is 5.73. The summed E-state index contributed by atoms with van der Waals surface area (Å²) in [6, 6.07) is -0.245. The van der Waals surface area contributed by atoms with Gasteiger partial charge in [0.25, 0.3) is 0 Å². The lowest BCUT2D eigenvalue weighted by Gasteiger charge is -2.39. The Kier molecular flexibility index (Phi) is 4.45. The van der Waals surface area contributed by atoms with E-state index in [1.807, 2.05) is 0 Å². The molecule has 146 valence electrons. The predicted molar refractivity (Wildman–Crippen MR) is 91.0 cm³/mol. The lowest BCUT2D eigenvalue weighted by atomic mass is 9.99. The number of amidine groups is 1. The molecule has 4 aliphatic rings. The summed E-state index contributed by atoms with van der Waals surface area (Å²) in [5, 5.41) is 0. The first-order chi connectivity index (χ1) is 12.3. The number of hydrogen-bond donors (Lipinski definition) is 0. The van der Waals surface area contributed by atoms with E-state index in [4.69, 9.17) is 0 Å². The Morgan fingerprint density at radius 2 is 1.96 bits per heavy atom. The van der Waals surface area contributed by atoms with Crippen LogP contribution in [-0.2, 0) is 10.0 Å². The zero-order chi connectivity index (χ0) is 18.5. The number of fused-ring (bicyclic) bond motifs is 2. The molecule has 2 fully saturated rings. The number of alkyl halides is 3. The third-order valence-corrected chi connectivity index (χ3v) is 7.62. The van der Waals surface area contributed by atoms with Crippen LogP contribution in [0.4, 0.5) is 13.2 Å². The molecule has 10 heteroatoms. The number of piperidine rings is 1. The Labute approximate surface area is 151 Å². The smallest absolute Gasteiger partial charge is 0.350 e. The number of sulfonamides is 1. The molecule has 0 N–H and O–H groups in total. The quantitative estimate of drug-likeness (QED) is 0.735. The Morgan fingerprint density at radius 3 is 2.73 bits per heavy atom. The molecule has 0 amide bonds. The normalized spacial score (nSPS) is 29.7. The van der Waals surface area contributed by atoms with Crippen LogP contribution in [0.1, 0.15) is 32.1 Å². The summed E-state index contributed by atoms with van der Waals surface area (Å²) in [6.45, 7) is 2.62. The maximum atomic E-state index is 12.5. The van der Waals surface area contributed by atoms with Crippen LogP contribution < -0.4 is 0 Å². The topological polar surface area (TPSA) is 56.2 Å². The summed E-state index contributed by atoms with van der Waals surface area (Å²) in [7, 11) is -3.91. The standard InChI is InChI=1S/C16H23F3N4O2S/c17-16(18,19)6-10-26(24,25)23-8-2-3-12-13(23)5-9-22(12)15-14-4-1-7-21(14)11-20-15/h4,12-13H,1-3,5-11H2/t12-,13+/m1/s1. The van der Waals surface area contributed by atoms with Crippen LogP contribution in [-0.4, -0.2) is 78.7 Å². The molecular formula is C16H23F3N4O2S. The second-order valence-electron chi connectivity index (χ2n) is 7.32. The van der Waals surface area contributed by atoms with Gasteiger partial charge in [0, 0.05) is 31.7 Å². The number of likely N-dealkylation sites (tertiary alicyclic amines) is 1. The van der Waals surface area contributed by atoms with Gasteiger partial charge in [0.1, 0.15) is 12.5 Å². The zero-order valence-electron chi connectivity index (χ0n) is 14.5. The summed E-state index contributed by atoms with van der Waals surface area (Å²) in [5.74, 6) is 0.0732. The second-order valence-corrected chi connectivity index (χ2v) is 9.36. The van der Waals surface area contributed by atoms with Gasteiger partial charge in [-0.2, -0.15) is 17.5 Å². The van der Waals surface area contributed by atoms with Crippen molar-refractivity contribution >= 4 is 15.9 Å². The SMILES string of the molecule is O=S(=O)(CCC(F)(F)F)N1CCC[C@@H]2[C@@H]1CCN2C1=NCN2CCC=C12. The van der Waals surface area contributed by atoms with Crippen molar-refractivity contribution in [2.45, 2.75) is 50.4 Å². The van der Waals surface area contributed by atoms with E-state index in [0.717, 1.165) is 30.9 Å².